The fourth-order valence-electron chi connectivity index (χ4n) is 2.01. The Morgan fingerprint density at radius 1 is 1.04 bits per heavy atom. The Kier molecular flexibility index (Phi) is 6.86. The average molecular weight is 459 g/mol. The smallest absolute Gasteiger partial charge is 0.252 e. The van der Waals surface area contributed by atoms with E-state index in [1.54, 1.807) is 30.3 Å². The first-order chi connectivity index (χ1) is 11.5. The van der Waals surface area contributed by atoms with Gasteiger partial charge >= 0.3 is 0 Å². The molecule has 0 saturated heterocycles. The molecule has 2 rings (SSSR count). The Balaban J connectivity index is 1.74. The van der Waals surface area contributed by atoms with Gasteiger partial charge in [0.2, 0.25) is 0 Å². The highest BCUT2D eigenvalue weighted by Gasteiger charge is 2.10. The number of hydrogen-bond acceptors (Lipinski definition) is 3. The summed E-state index contributed by atoms with van der Waals surface area (Å²) >= 11 is 7.98. The van der Waals surface area contributed by atoms with Crippen molar-refractivity contribution in [3.05, 3.63) is 62.2 Å². The lowest BCUT2D eigenvalue weighted by Crippen LogP contribution is -2.30. The quantitative estimate of drug-likeness (QED) is 0.459. The summed E-state index contributed by atoms with van der Waals surface area (Å²) in [6, 6.07) is 11.3. The number of nitrogens with one attached hydrogen (secondary N) is 2. The molecule has 0 saturated carbocycles. The second kappa shape index (κ2) is 8.89. The van der Waals surface area contributed by atoms with Gasteiger partial charge in [0.25, 0.3) is 11.8 Å². The van der Waals surface area contributed by atoms with Crippen LogP contribution in [0.4, 0.5) is 0 Å². The molecule has 0 atom stereocenters. The zero-order valence-electron chi connectivity index (χ0n) is 12.7. The molecule has 0 bridgehead atoms. The fourth-order valence-corrected chi connectivity index (χ4v) is 2.76. The molecule has 2 amide bonds. The van der Waals surface area contributed by atoms with Crippen LogP contribution in [0.1, 0.15) is 27.1 Å². The molecule has 7 heteroatoms. The lowest BCUT2D eigenvalue weighted by atomic mass is 10.2. The first-order valence-electron chi connectivity index (χ1n) is 7.28. The number of hydrogen-bond donors (Lipinski definition) is 3. The van der Waals surface area contributed by atoms with Gasteiger partial charge in [-0.05, 0) is 65.4 Å². The van der Waals surface area contributed by atoms with Gasteiger partial charge in [0.05, 0.1) is 5.56 Å². The van der Waals surface area contributed by atoms with Gasteiger partial charge in [0, 0.05) is 27.2 Å². The van der Waals surface area contributed by atoms with Crippen LogP contribution in [0.3, 0.4) is 0 Å². The Morgan fingerprint density at radius 3 is 2.46 bits per heavy atom. The summed E-state index contributed by atoms with van der Waals surface area (Å²) in [5.74, 6) is -0.408. The highest BCUT2D eigenvalue weighted by atomic mass is 127. The molecule has 0 aliphatic rings. The predicted octanol–water partition coefficient (Wildman–Crippen LogP) is 3.20. The highest BCUT2D eigenvalue weighted by Crippen LogP contribution is 2.17. The lowest BCUT2D eigenvalue weighted by Gasteiger charge is -2.08. The molecule has 0 aliphatic carbocycles. The number of phenols is 1. The summed E-state index contributed by atoms with van der Waals surface area (Å²) in [5, 5.41) is 15.4. The normalized spacial score (nSPS) is 10.2. The van der Waals surface area contributed by atoms with Crippen LogP contribution in [0, 0.1) is 3.57 Å². The minimum Gasteiger partial charge on any atom is -0.508 e. The van der Waals surface area contributed by atoms with Crippen molar-refractivity contribution in [2.24, 2.45) is 0 Å². The van der Waals surface area contributed by atoms with E-state index in [1.807, 2.05) is 0 Å². The van der Waals surface area contributed by atoms with Crippen LogP contribution in [-0.4, -0.2) is 30.0 Å². The van der Waals surface area contributed by atoms with Crippen molar-refractivity contribution >= 4 is 46.0 Å². The standard InChI is InChI=1S/C17H16ClIN2O3/c18-12-5-6-15(19)14(10-12)17(24)21-8-2-7-20-16(23)11-3-1-4-13(22)9-11/h1,3-6,9-10,22H,2,7-8H2,(H,20,23)(H,21,24). The van der Waals surface area contributed by atoms with Gasteiger partial charge in [-0.15, -0.1) is 0 Å². The largest absolute Gasteiger partial charge is 0.508 e. The molecule has 0 heterocycles. The Labute approximate surface area is 158 Å². The number of aromatic hydroxyl groups is 1. The third kappa shape index (κ3) is 5.38. The van der Waals surface area contributed by atoms with Gasteiger partial charge in [-0.3, -0.25) is 9.59 Å². The molecule has 0 aromatic heterocycles. The number of rotatable bonds is 6. The molecule has 0 spiro atoms. The van der Waals surface area contributed by atoms with E-state index in [1.165, 1.54) is 12.1 Å². The maximum absolute atomic E-state index is 12.1. The van der Waals surface area contributed by atoms with Gasteiger partial charge in [-0.1, -0.05) is 17.7 Å². The summed E-state index contributed by atoms with van der Waals surface area (Å²) in [7, 11) is 0. The zero-order valence-corrected chi connectivity index (χ0v) is 15.6. The number of carbonyl (C=O) groups excluding carboxylic acids is 2. The minimum absolute atomic E-state index is 0.0473. The zero-order chi connectivity index (χ0) is 17.5. The van der Waals surface area contributed by atoms with Gasteiger partial charge in [-0.25, -0.2) is 0 Å². The van der Waals surface area contributed by atoms with Crippen LogP contribution in [0.25, 0.3) is 0 Å². The second-order valence-corrected chi connectivity index (χ2v) is 6.64. The average Bonchev–Trinajstić information content (AvgIpc) is 2.56. The first-order valence-corrected chi connectivity index (χ1v) is 8.73. The van der Waals surface area contributed by atoms with E-state index < -0.39 is 0 Å². The van der Waals surface area contributed by atoms with E-state index in [2.05, 4.69) is 33.2 Å². The van der Waals surface area contributed by atoms with Crippen molar-refractivity contribution in [2.45, 2.75) is 6.42 Å². The van der Waals surface area contributed by atoms with E-state index in [-0.39, 0.29) is 17.6 Å². The lowest BCUT2D eigenvalue weighted by molar-refractivity contribution is 0.0951. The monoisotopic (exact) mass is 458 g/mol. The Morgan fingerprint density at radius 2 is 1.75 bits per heavy atom. The third-order valence-electron chi connectivity index (χ3n) is 3.21. The van der Waals surface area contributed by atoms with Crippen molar-refractivity contribution in [3.63, 3.8) is 0 Å². The van der Waals surface area contributed by atoms with E-state index in [9.17, 15) is 14.7 Å². The van der Waals surface area contributed by atoms with Crippen LogP contribution in [0.5, 0.6) is 5.75 Å². The predicted molar refractivity (Wildman–Crippen MR) is 102 cm³/mol. The van der Waals surface area contributed by atoms with E-state index in [4.69, 9.17) is 11.6 Å². The SMILES string of the molecule is O=C(NCCCNC(=O)c1cc(Cl)ccc1I)c1cccc(O)c1. The van der Waals surface area contributed by atoms with E-state index >= 15 is 0 Å². The Bertz CT molecular complexity index is 752. The molecule has 3 N–H and O–H groups in total. The molecule has 2 aromatic rings. The van der Waals surface area contributed by atoms with Crippen molar-refractivity contribution in [1.29, 1.82) is 0 Å². The molecular weight excluding hydrogens is 443 g/mol. The molecule has 0 radical (unpaired) electrons. The molecule has 0 aliphatic heterocycles. The molecule has 24 heavy (non-hydrogen) atoms. The summed E-state index contributed by atoms with van der Waals surface area (Å²) in [6.07, 6.45) is 0.591. The molecule has 126 valence electrons. The van der Waals surface area contributed by atoms with Gasteiger partial charge in [0.1, 0.15) is 5.75 Å². The van der Waals surface area contributed by atoms with Crippen LogP contribution in [0.2, 0.25) is 5.02 Å². The first kappa shape index (κ1) is 18.5. The molecule has 0 unspecified atom stereocenters. The number of benzene rings is 2. The van der Waals surface area contributed by atoms with Crippen molar-refractivity contribution in [2.75, 3.05) is 13.1 Å². The van der Waals surface area contributed by atoms with E-state index in [0.717, 1.165) is 3.57 Å². The van der Waals surface area contributed by atoms with Gasteiger partial charge in [0.15, 0.2) is 0 Å². The number of amides is 2. The maximum atomic E-state index is 12.1. The van der Waals surface area contributed by atoms with Crippen molar-refractivity contribution in [1.82, 2.24) is 10.6 Å². The van der Waals surface area contributed by atoms with Crippen molar-refractivity contribution in [3.8, 4) is 5.75 Å². The van der Waals surface area contributed by atoms with Crippen LogP contribution in [0.15, 0.2) is 42.5 Å². The molecular formula is C17H16ClIN2O3. The summed E-state index contributed by atoms with van der Waals surface area (Å²) < 4.78 is 0.826. The maximum Gasteiger partial charge on any atom is 0.252 e. The third-order valence-corrected chi connectivity index (χ3v) is 4.38. The number of carbonyl (C=O) groups is 2. The second-order valence-electron chi connectivity index (χ2n) is 5.04. The molecule has 0 fully saturated rings. The summed E-state index contributed by atoms with van der Waals surface area (Å²) in [4.78, 5) is 24.0. The van der Waals surface area contributed by atoms with Crippen LogP contribution in [-0.2, 0) is 0 Å². The fraction of sp³-hybridized carbons (Fsp3) is 0.176. The van der Waals surface area contributed by atoms with Gasteiger partial charge < -0.3 is 15.7 Å². The minimum atomic E-state index is -0.262. The summed E-state index contributed by atoms with van der Waals surface area (Å²) in [6.45, 7) is 0.850. The van der Waals surface area contributed by atoms with Gasteiger partial charge in [-0.2, -0.15) is 0 Å². The number of phenolic OH excluding ortho intramolecular Hbond substituents is 1. The molecule has 5 nitrogen and oxygen atoms in total. The van der Waals surface area contributed by atoms with Crippen LogP contribution < -0.4 is 10.6 Å². The van der Waals surface area contributed by atoms with E-state index in [0.29, 0.717) is 35.7 Å². The molecule has 2 aromatic carbocycles. The summed E-state index contributed by atoms with van der Waals surface area (Å²) in [5.41, 5.74) is 0.930. The van der Waals surface area contributed by atoms with Crippen molar-refractivity contribution < 1.29 is 14.7 Å². The Hall–Kier alpha value is -1.80. The highest BCUT2D eigenvalue weighted by molar-refractivity contribution is 14.1. The van der Waals surface area contributed by atoms with Crippen LogP contribution >= 0.6 is 34.2 Å². The topological polar surface area (TPSA) is 78.4 Å². The number of halogens is 2.